The largest absolute Gasteiger partial charge is 0.486 e. The summed E-state index contributed by atoms with van der Waals surface area (Å²) in [5.74, 6) is 0.779. The van der Waals surface area contributed by atoms with Crippen LogP contribution in [0, 0.1) is 5.92 Å². The second-order valence-corrected chi connectivity index (χ2v) is 13.6. The van der Waals surface area contributed by atoms with Crippen molar-refractivity contribution in [3.63, 3.8) is 0 Å². The molecule has 0 aliphatic carbocycles. The lowest BCUT2D eigenvalue weighted by Crippen LogP contribution is -2.47. The van der Waals surface area contributed by atoms with Crippen LogP contribution in [0.25, 0.3) is 0 Å². The van der Waals surface area contributed by atoms with E-state index in [0.29, 0.717) is 60.6 Å². The minimum Gasteiger partial charge on any atom is -0.486 e. The number of nitrogens with zero attached hydrogens (tertiary/aromatic N) is 2. The Bertz CT molecular complexity index is 1960. The van der Waals surface area contributed by atoms with Crippen molar-refractivity contribution < 1.29 is 22.7 Å². The van der Waals surface area contributed by atoms with E-state index in [9.17, 15) is 18.0 Å². The van der Waals surface area contributed by atoms with Crippen LogP contribution in [0.5, 0.6) is 11.5 Å². The third-order valence-corrected chi connectivity index (χ3v) is 10.3. The van der Waals surface area contributed by atoms with Gasteiger partial charge < -0.3 is 24.3 Å². The molecule has 0 unspecified atom stereocenters. The van der Waals surface area contributed by atoms with Crippen molar-refractivity contribution >= 4 is 38.9 Å². The molecule has 3 aliphatic rings. The predicted molar refractivity (Wildman–Crippen MR) is 171 cm³/mol. The normalized spacial score (nSPS) is 18.6. The van der Waals surface area contributed by atoms with Gasteiger partial charge in [0.15, 0.2) is 11.5 Å². The number of carbonyl (C=O) groups excluding carboxylic acids is 1. The molecule has 3 aliphatic heterocycles. The number of halogens is 1. The van der Waals surface area contributed by atoms with Gasteiger partial charge >= 0.3 is 0 Å². The summed E-state index contributed by atoms with van der Waals surface area (Å²) in [6.07, 6.45) is 0.945. The molecule has 0 spiro atoms. The van der Waals surface area contributed by atoms with E-state index < -0.39 is 10.0 Å². The van der Waals surface area contributed by atoms with Gasteiger partial charge in [0.1, 0.15) is 13.2 Å². The third kappa shape index (κ3) is 5.85. The van der Waals surface area contributed by atoms with Crippen LogP contribution in [0.15, 0.2) is 88.6 Å². The van der Waals surface area contributed by atoms with Gasteiger partial charge in [0.2, 0.25) is 0 Å². The number of sulfonamides is 1. The van der Waals surface area contributed by atoms with E-state index in [0.717, 1.165) is 17.7 Å². The predicted octanol–water partition coefficient (Wildman–Crippen LogP) is 4.63. The second-order valence-electron chi connectivity index (χ2n) is 11.5. The van der Waals surface area contributed by atoms with Crippen LogP contribution < -0.4 is 30.0 Å². The van der Waals surface area contributed by atoms with E-state index >= 15 is 0 Å². The average molecular weight is 647 g/mol. The van der Waals surface area contributed by atoms with Crippen LogP contribution in [0.2, 0.25) is 5.02 Å². The van der Waals surface area contributed by atoms with Crippen molar-refractivity contribution in [1.82, 2.24) is 9.88 Å². The molecule has 2 N–H and O–H groups in total. The first kappa shape index (κ1) is 29.2. The number of carbonyl (C=O) groups is 1. The summed E-state index contributed by atoms with van der Waals surface area (Å²) in [7, 11) is -4.09. The van der Waals surface area contributed by atoms with Crippen LogP contribution >= 0.6 is 11.6 Å². The minimum absolute atomic E-state index is 0.00400. The first-order chi connectivity index (χ1) is 21.7. The summed E-state index contributed by atoms with van der Waals surface area (Å²) >= 11 is 6.27. The highest BCUT2D eigenvalue weighted by atomic mass is 35.5. The zero-order chi connectivity index (χ0) is 31.1. The Morgan fingerprint density at radius 3 is 2.58 bits per heavy atom. The fourth-order valence-electron chi connectivity index (χ4n) is 6.44. The average Bonchev–Trinajstić information content (AvgIpc) is 3.04. The van der Waals surface area contributed by atoms with E-state index in [4.69, 9.17) is 21.1 Å². The first-order valence-electron chi connectivity index (χ1n) is 14.8. The molecule has 0 radical (unpaired) electrons. The van der Waals surface area contributed by atoms with Crippen molar-refractivity contribution in [2.45, 2.75) is 30.3 Å². The molecule has 4 aromatic rings. The third-order valence-electron chi connectivity index (χ3n) is 8.54. The van der Waals surface area contributed by atoms with Gasteiger partial charge in [-0.3, -0.25) is 14.3 Å². The number of aromatic nitrogens is 1. The van der Waals surface area contributed by atoms with Gasteiger partial charge in [-0.2, -0.15) is 0 Å². The van der Waals surface area contributed by atoms with Gasteiger partial charge in [-0.15, -0.1) is 0 Å². The summed E-state index contributed by atoms with van der Waals surface area (Å²) in [4.78, 5) is 28.0. The van der Waals surface area contributed by atoms with Gasteiger partial charge in [0.25, 0.3) is 21.5 Å². The lowest BCUT2D eigenvalue weighted by atomic mass is 9.83. The second kappa shape index (κ2) is 11.8. The zero-order valence-corrected chi connectivity index (χ0v) is 25.8. The Hall–Kier alpha value is -4.48. The molecule has 4 heterocycles. The van der Waals surface area contributed by atoms with E-state index in [1.54, 1.807) is 42.5 Å². The Labute approximate surface area is 265 Å². The van der Waals surface area contributed by atoms with Crippen molar-refractivity contribution in [3.05, 3.63) is 111 Å². The smallest absolute Gasteiger partial charge is 0.262 e. The lowest BCUT2D eigenvalue weighted by molar-refractivity contribution is 0.0951. The van der Waals surface area contributed by atoms with Crippen LogP contribution in [0.4, 0.5) is 11.4 Å². The molecule has 2 atom stereocenters. The summed E-state index contributed by atoms with van der Waals surface area (Å²) in [5.41, 5.74) is 2.97. The fourth-order valence-corrected chi connectivity index (χ4v) is 7.72. The number of hydrogen-bond acceptors (Lipinski definition) is 7. The molecule has 10 nitrogen and oxygen atoms in total. The highest BCUT2D eigenvalue weighted by Crippen LogP contribution is 2.40. The molecule has 1 saturated heterocycles. The molecule has 45 heavy (non-hydrogen) atoms. The molecule has 1 aromatic heterocycles. The molecule has 3 aromatic carbocycles. The maximum absolute atomic E-state index is 13.8. The highest BCUT2D eigenvalue weighted by Gasteiger charge is 2.35. The van der Waals surface area contributed by atoms with Crippen LogP contribution in [-0.4, -0.2) is 45.2 Å². The maximum atomic E-state index is 13.8. The topological polar surface area (TPSA) is 119 Å². The van der Waals surface area contributed by atoms with Crippen molar-refractivity contribution in [3.8, 4) is 11.5 Å². The molecule has 1 amide bonds. The maximum Gasteiger partial charge on any atom is 0.262 e. The molecule has 0 saturated carbocycles. The number of benzene rings is 3. The number of rotatable bonds is 7. The van der Waals surface area contributed by atoms with Crippen LogP contribution in [0.3, 0.4) is 0 Å². The Morgan fingerprint density at radius 1 is 0.911 bits per heavy atom. The van der Waals surface area contributed by atoms with E-state index in [2.05, 4.69) is 14.9 Å². The van der Waals surface area contributed by atoms with Crippen LogP contribution in [0.1, 0.15) is 34.0 Å². The SMILES string of the molecule is O=C(NCc1ccccc1Cl)c1ccc(N2C[C@H]3C[C@@H](C2)c2cccc(=O)n2C3)c(NS(=O)(=O)c2ccc3c(c2)OCCO3)c1. The Kier molecular flexibility index (Phi) is 7.66. The molecular formula is C33H31ClN4O6S. The van der Waals surface area contributed by atoms with Gasteiger partial charge in [-0.25, -0.2) is 8.42 Å². The van der Waals surface area contributed by atoms with Crippen molar-refractivity contribution in [2.75, 3.05) is 35.9 Å². The number of fused-ring (bicyclic) bond motifs is 5. The molecule has 7 rings (SSSR count). The molecule has 12 heteroatoms. The molecule has 1 fully saturated rings. The monoisotopic (exact) mass is 646 g/mol. The highest BCUT2D eigenvalue weighted by molar-refractivity contribution is 7.92. The summed E-state index contributed by atoms with van der Waals surface area (Å²) < 4.78 is 43.3. The molecule has 232 valence electrons. The van der Waals surface area contributed by atoms with Gasteiger partial charge in [-0.05, 0) is 60.4 Å². The summed E-state index contributed by atoms with van der Waals surface area (Å²) in [6, 6.07) is 22.1. The van der Waals surface area contributed by atoms with E-state index in [-0.39, 0.29) is 40.4 Å². The minimum atomic E-state index is -4.09. The lowest BCUT2D eigenvalue weighted by Gasteiger charge is -2.44. The number of piperidine rings is 1. The van der Waals surface area contributed by atoms with E-state index in [1.807, 2.05) is 28.8 Å². The van der Waals surface area contributed by atoms with E-state index in [1.165, 1.54) is 12.1 Å². The summed E-state index contributed by atoms with van der Waals surface area (Å²) in [6.45, 7) is 2.76. The van der Waals surface area contributed by atoms with Crippen molar-refractivity contribution in [1.29, 1.82) is 0 Å². The molecule has 2 bridgehead atoms. The van der Waals surface area contributed by atoms with Crippen molar-refractivity contribution in [2.24, 2.45) is 5.92 Å². The Balaban J connectivity index is 1.21. The number of amides is 1. The number of hydrogen-bond donors (Lipinski definition) is 2. The fraction of sp³-hybridized carbons (Fsp3) is 0.273. The van der Waals surface area contributed by atoms with Gasteiger partial charge in [0, 0.05) is 60.5 Å². The first-order valence-corrected chi connectivity index (χ1v) is 16.6. The standard InChI is InChI=1S/C33H31ClN4O6S/c34-26-5-2-1-4-23(26)17-35-33(40)22-8-10-29(37-18-21-14-24(20-37)28-6-3-7-32(39)38(28)19-21)27(15-22)36-45(41,42)25-9-11-30-31(16-25)44-13-12-43-30/h1-11,15-16,21,24,36H,12-14,17-20H2,(H,35,40)/t21-,24+/m1/s1. The molecular weight excluding hydrogens is 616 g/mol. The van der Waals surface area contributed by atoms with Crippen LogP contribution in [-0.2, 0) is 23.1 Å². The Morgan fingerprint density at radius 2 is 1.73 bits per heavy atom. The number of ether oxygens (including phenoxy) is 2. The van der Waals surface area contributed by atoms with Gasteiger partial charge in [-0.1, -0.05) is 35.9 Å². The summed E-state index contributed by atoms with van der Waals surface area (Å²) in [5, 5.41) is 3.42. The number of nitrogens with one attached hydrogen (secondary N) is 2. The quantitative estimate of drug-likeness (QED) is 0.301. The zero-order valence-electron chi connectivity index (χ0n) is 24.2. The number of pyridine rings is 1. The number of anilines is 2. The van der Waals surface area contributed by atoms with Gasteiger partial charge in [0.05, 0.1) is 16.3 Å².